The van der Waals surface area contributed by atoms with Crippen molar-refractivity contribution in [2.45, 2.75) is 26.4 Å². The molecule has 0 aromatic heterocycles. The van der Waals surface area contributed by atoms with Crippen molar-refractivity contribution < 1.29 is 25.1 Å². The molecular weight excluding hydrogens is 368 g/mol. The highest BCUT2D eigenvalue weighted by Gasteiger charge is 2.48. The molecule has 3 N–H and O–H groups in total. The van der Waals surface area contributed by atoms with Gasteiger partial charge in [0.2, 0.25) is 0 Å². The summed E-state index contributed by atoms with van der Waals surface area (Å²) in [7, 11) is 0. The minimum Gasteiger partial charge on any atom is -0.508 e. The van der Waals surface area contributed by atoms with Gasteiger partial charge in [0, 0.05) is 23.3 Å². The number of fused-ring (bicyclic) bond motifs is 2. The molecule has 0 unspecified atom stereocenters. The van der Waals surface area contributed by atoms with Crippen molar-refractivity contribution in [1.82, 2.24) is 0 Å². The van der Waals surface area contributed by atoms with Gasteiger partial charge < -0.3 is 14.9 Å². The van der Waals surface area contributed by atoms with E-state index in [1.807, 2.05) is 57.2 Å². The quantitative estimate of drug-likeness (QED) is 0.332. The molecule has 0 amide bonds. The minimum absolute atomic E-state index is 0.0133. The van der Waals surface area contributed by atoms with Crippen LogP contribution in [0.4, 0.5) is 0 Å². The zero-order valence-electron chi connectivity index (χ0n) is 16.6. The van der Waals surface area contributed by atoms with Crippen LogP contribution in [0.5, 0.6) is 23.0 Å². The fourth-order valence-corrected chi connectivity index (χ4v) is 3.52. The highest BCUT2D eigenvalue weighted by atomic mass is 17.1. The van der Waals surface area contributed by atoms with Crippen molar-refractivity contribution in [3.63, 3.8) is 0 Å². The molecule has 29 heavy (non-hydrogen) atoms. The monoisotopic (exact) mass is 392 g/mol. The molecule has 0 radical (unpaired) electrons. The first-order valence-corrected chi connectivity index (χ1v) is 9.28. The predicted molar refractivity (Wildman–Crippen MR) is 112 cm³/mol. The van der Waals surface area contributed by atoms with Crippen LogP contribution in [-0.2, 0) is 10.5 Å². The largest absolute Gasteiger partial charge is 0.508 e. The molecule has 5 nitrogen and oxygen atoms in total. The highest BCUT2D eigenvalue weighted by molar-refractivity contribution is 5.65. The number of allylic oxidation sites excluding steroid dienone is 6. The smallest absolute Gasteiger partial charge is 0.186 e. The topological polar surface area (TPSA) is 79.2 Å². The first-order chi connectivity index (χ1) is 14.0. The van der Waals surface area contributed by atoms with E-state index in [1.165, 1.54) is 24.3 Å². The zero-order chi connectivity index (χ0) is 21.0. The Morgan fingerprint density at radius 2 is 1.41 bits per heavy atom. The molecule has 1 aliphatic rings. The summed E-state index contributed by atoms with van der Waals surface area (Å²) in [4.78, 5) is 5.26. The summed E-state index contributed by atoms with van der Waals surface area (Å²) >= 11 is 0. The summed E-state index contributed by atoms with van der Waals surface area (Å²) in [6, 6.07) is 9.24. The fraction of sp³-hybridized carbons (Fsp3) is 0.167. The van der Waals surface area contributed by atoms with Crippen LogP contribution >= 0.6 is 0 Å². The number of rotatable bonds is 5. The Hall–Kier alpha value is -3.28. The molecule has 0 saturated carbocycles. The predicted octanol–water partition coefficient (Wildman–Crippen LogP) is 5.96. The van der Waals surface area contributed by atoms with Crippen LogP contribution in [0.15, 0.2) is 84.0 Å². The maximum atomic E-state index is 10.3. The lowest BCUT2D eigenvalue weighted by atomic mass is 9.75. The van der Waals surface area contributed by atoms with E-state index in [4.69, 9.17) is 9.62 Å². The number of phenols is 2. The van der Waals surface area contributed by atoms with Crippen LogP contribution in [0.1, 0.15) is 31.9 Å². The summed E-state index contributed by atoms with van der Waals surface area (Å²) in [6.07, 6.45) is 11.3. The Kier molecular flexibility index (Phi) is 5.92. The van der Waals surface area contributed by atoms with Gasteiger partial charge in [0.05, 0.1) is 0 Å². The highest BCUT2D eigenvalue weighted by Crippen LogP contribution is 2.54. The van der Waals surface area contributed by atoms with Gasteiger partial charge in [-0.15, -0.1) is 0 Å². The Morgan fingerprint density at radius 1 is 0.897 bits per heavy atom. The molecule has 0 fully saturated rings. The number of phenolic OH excluding ortho intramolecular Hbond substituents is 2. The van der Waals surface area contributed by atoms with E-state index in [9.17, 15) is 15.5 Å². The Bertz CT molecular complexity index is 976. The SMILES string of the molecule is C\C=C/C=C(\C(C)=C/C=C/C)C1(OO)c2ccc(O)cc2Oc2cc(O)ccc21. The standard InChI is InChI=1S/C24H24O5/c1-4-6-8-16(3)19(9-7-5-2)24(29-27)20-12-10-17(25)14-22(20)28-23-15-18(26)11-13-21(23)24/h4-15,25-27H,1-3H3/b6-4+,7-5-,16-8-,19-9+. The summed E-state index contributed by atoms with van der Waals surface area (Å²) in [5.41, 5.74) is 1.17. The van der Waals surface area contributed by atoms with Gasteiger partial charge in [-0.05, 0) is 56.2 Å². The summed E-state index contributed by atoms with van der Waals surface area (Å²) < 4.78 is 5.92. The molecule has 0 aliphatic carbocycles. The minimum atomic E-state index is -1.42. The van der Waals surface area contributed by atoms with Gasteiger partial charge in [0.15, 0.2) is 5.60 Å². The Labute approximate surface area is 170 Å². The average Bonchev–Trinajstić information content (AvgIpc) is 2.71. The van der Waals surface area contributed by atoms with Crippen LogP contribution in [0, 0.1) is 0 Å². The second-order valence-corrected chi connectivity index (χ2v) is 6.72. The van der Waals surface area contributed by atoms with Crippen molar-refractivity contribution in [2.24, 2.45) is 0 Å². The van der Waals surface area contributed by atoms with Gasteiger partial charge in [-0.25, -0.2) is 4.89 Å². The molecule has 0 atom stereocenters. The lowest BCUT2D eigenvalue weighted by Gasteiger charge is -2.39. The molecule has 150 valence electrons. The van der Waals surface area contributed by atoms with Crippen molar-refractivity contribution >= 4 is 0 Å². The van der Waals surface area contributed by atoms with Gasteiger partial charge >= 0.3 is 0 Å². The Balaban J connectivity index is 2.41. The molecule has 0 spiro atoms. The second-order valence-electron chi connectivity index (χ2n) is 6.72. The lowest BCUT2D eigenvalue weighted by molar-refractivity contribution is -0.304. The molecule has 0 bridgehead atoms. The number of benzene rings is 2. The van der Waals surface area contributed by atoms with E-state index < -0.39 is 5.60 Å². The third kappa shape index (κ3) is 3.58. The summed E-state index contributed by atoms with van der Waals surface area (Å²) in [6.45, 7) is 5.74. The third-order valence-corrected chi connectivity index (χ3v) is 4.84. The molecule has 3 rings (SSSR count). The Morgan fingerprint density at radius 3 is 1.90 bits per heavy atom. The van der Waals surface area contributed by atoms with Crippen LogP contribution in [0.25, 0.3) is 0 Å². The zero-order valence-corrected chi connectivity index (χ0v) is 16.6. The molecule has 1 aliphatic heterocycles. The number of aromatic hydroxyl groups is 2. The maximum Gasteiger partial charge on any atom is 0.186 e. The molecule has 2 aromatic rings. The van der Waals surface area contributed by atoms with Gasteiger partial charge in [0.25, 0.3) is 0 Å². The van der Waals surface area contributed by atoms with Crippen molar-refractivity contribution in [2.75, 3.05) is 0 Å². The van der Waals surface area contributed by atoms with E-state index in [0.717, 1.165) is 5.57 Å². The van der Waals surface area contributed by atoms with E-state index in [-0.39, 0.29) is 11.5 Å². The van der Waals surface area contributed by atoms with Crippen LogP contribution < -0.4 is 4.74 Å². The second kappa shape index (κ2) is 8.39. The summed E-state index contributed by atoms with van der Waals surface area (Å²) in [5.74, 6) is 0.670. The maximum absolute atomic E-state index is 10.3. The average molecular weight is 392 g/mol. The van der Waals surface area contributed by atoms with E-state index >= 15 is 0 Å². The fourth-order valence-electron chi connectivity index (χ4n) is 3.52. The third-order valence-electron chi connectivity index (χ3n) is 4.84. The molecule has 0 saturated heterocycles. The molecular formula is C24H24O5. The van der Waals surface area contributed by atoms with E-state index in [0.29, 0.717) is 28.2 Å². The van der Waals surface area contributed by atoms with E-state index in [2.05, 4.69) is 0 Å². The van der Waals surface area contributed by atoms with Gasteiger partial charge in [-0.2, -0.15) is 0 Å². The molecule has 2 aromatic carbocycles. The number of hydrogen-bond donors (Lipinski definition) is 3. The van der Waals surface area contributed by atoms with Crippen molar-refractivity contribution in [1.29, 1.82) is 0 Å². The first-order valence-electron chi connectivity index (χ1n) is 9.28. The van der Waals surface area contributed by atoms with Crippen LogP contribution in [0.3, 0.4) is 0 Å². The van der Waals surface area contributed by atoms with Crippen LogP contribution in [-0.4, -0.2) is 15.5 Å². The van der Waals surface area contributed by atoms with Crippen LogP contribution in [0.2, 0.25) is 0 Å². The van der Waals surface area contributed by atoms with Gasteiger partial charge in [-0.1, -0.05) is 36.5 Å². The van der Waals surface area contributed by atoms with E-state index in [1.54, 1.807) is 12.1 Å². The number of hydrogen-bond acceptors (Lipinski definition) is 5. The van der Waals surface area contributed by atoms with Crippen molar-refractivity contribution in [3.8, 4) is 23.0 Å². The first kappa shape index (κ1) is 20.5. The molecule has 5 heteroatoms. The lowest BCUT2D eigenvalue weighted by Crippen LogP contribution is -2.36. The number of ether oxygens (including phenoxy) is 1. The normalized spacial score (nSPS) is 16.0. The van der Waals surface area contributed by atoms with Crippen molar-refractivity contribution in [3.05, 3.63) is 95.1 Å². The van der Waals surface area contributed by atoms with Gasteiger partial charge in [-0.3, -0.25) is 5.26 Å². The molecule has 1 heterocycles. The summed E-state index contributed by atoms with van der Waals surface area (Å²) in [5, 5.41) is 30.2. The van der Waals surface area contributed by atoms with Gasteiger partial charge in [0.1, 0.15) is 23.0 Å².